The Labute approximate surface area is 117 Å². The molecule has 0 amide bonds. The second-order valence-electron chi connectivity index (χ2n) is 8.15. The molecule has 2 saturated heterocycles. The van der Waals surface area contributed by atoms with Crippen molar-refractivity contribution in [1.82, 2.24) is 0 Å². The molecule has 2 rings (SSSR count). The third-order valence-corrected chi connectivity index (χ3v) is 12.9. The zero-order valence-corrected chi connectivity index (χ0v) is 15.1. The highest BCUT2D eigenvalue weighted by atomic mass is 31.1. The first-order valence-electron chi connectivity index (χ1n) is 7.75. The van der Waals surface area contributed by atoms with Crippen molar-refractivity contribution in [2.24, 2.45) is 0 Å². The quantitative estimate of drug-likeness (QED) is 0.529. The summed E-state index contributed by atoms with van der Waals surface area (Å²) in [6, 6.07) is 0. The van der Waals surface area contributed by atoms with E-state index in [1.54, 1.807) is 25.2 Å². The van der Waals surface area contributed by atoms with Gasteiger partial charge in [0.05, 0.1) is 0 Å². The fourth-order valence-corrected chi connectivity index (χ4v) is 12.2. The van der Waals surface area contributed by atoms with E-state index in [1.165, 1.54) is 12.8 Å². The van der Waals surface area contributed by atoms with Gasteiger partial charge in [-0.15, -0.1) is 0 Å². The van der Waals surface area contributed by atoms with Crippen molar-refractivity contribution in [3.8, 4) is 0 Å². The maximum atomic E-state index is 2.51. The smallest absolute Gasteiger partial charge is 0.0136 e. The van der Waals surface area contributed by atoms with Crippen molar-refractivity contribution in [2.45, 2.75) is 88.9 Å². The van der Waals surface area contributed by atoms with Gasteiger partial charge in [-0.05, 0) is 59.6 Å². The first-order valence-corrected chi connectivity index (χ1v) is 10.9. The van der Waals surface area contributed by atoms with Gasteiger partial charge in [0.2, 0.25) is 0 Å². The van der Waals surface area contributed by atoms with Crippen molar-refractivity contribution < 1.29 is 0 Å². The Morgan fingerprint density at radius 1 is 0.667 bits per heavy atom. The van der Waals surface area contributed by atoms with Gasteiger partial charge >= 0.3 is 0 Å². The Hall–Kier alpha value is 0.860. The van der Waals surface area contributed by atoms with Crippen LogP contribution >= 0.6 is 15.8 Å². The lowest BCUT2D eigenvalue weighted by atomic mass is 10.1. The van der Waals surface area contributed by atoms with Crippen LogP contribution in [0.25, 0.3) is 0 Å². The Balaban J connectivity index is 2.15. The molecule has 0 aromatic rings. The van der Waals surface area contributed by atoms with Gasteiger partial charge in [0.25, 0.3) is 0 Å². The van der Waals surface area contributed by atoms with E-state index in [4.69, 9.17) is 0 Å². The van der Waals surface area contributed by atoms with Crippen molar-refractivity contribution >= 4 is 15.8 Å². The van der Waals surface area contributed by atoms with Crippen molar-refractivity contribution in [1.29, 1.82) is 0 Å². The lowest BCUT2D eigenvalue weighted by molar-refractivity contribution is 0.671. The molecule has 0 aromatic heterocycles. The topological polar surface area (TPSA) is 0 Å². The van der Waals surface area contributed by atoms with Crippen LogP contribution in [-0.2, 0) is 0 Å². The second kappa shape index (κ2) is 5.33. The maximum absolute atomic E-state index is 2.51. The molecule has 18 heavy (non-hydrogen) atoms. The average Bonchev–Trinajstić information content (AvgIpc) is 2.83. The summed E-state index contributed by atoms with van der Waals surface area (Å²) in [5.74, 6) is 0. The van der Waals surface area contributed by atoms with Crippen molar-refractivity contribution in [3.63, 3.8) is 0 Å². The van der Waals surface area contributed by atoms with Crippen LogP contribution in [0.5, 0.6) is 0 Å². The van der Waals surface area contributed by atoms with Crippen molar-refractivity contribution in [3.05, 3.63) is 0 Å². The van der Waals surface area contributed by atoms with Gasteiger partial charge < -0.3 is 0 Å². The monoisotopic (exact) mass is 286 g/mol. The molecule has 0 N–H and O–H groups in total. The van der Waals surface area contributed by atoms with Crippen LogP contribution in [0.3, 0.4) is 0 Å². The van der Waals surface area contributed by atoms with Gasteiger partial charge in [0.15, 0.2) is 0 Å². The fourth-order valence-electron chi connectivity index (χ4n) is 4.05. The highest BCUT2D eigenvalue weighted by Crippen LogP contribution is 2.69. The zero-order chi connectivity index (χ0) is 13.6. The molecule has 0 nitrogen and oxygen atoms in total. The number of hydrogen-bond donors (Lipinski definition) is 0. The summed E-state index contributed by atoms with van der Waals surface area (Å²) in [4.78, 5) is 0. The maximum Gasteiger partial charge on any atom is -0.0136 e. The number of rotatable bonds is 1. The summed E-state index contributed by atoms with van der Waals surface area (Å²) < 4.78 is 0. The van der Waals surface area contributed by atoms with E-state index in [-0.39, 0.29) is 15.8 Å². The van der Waals surface area contributed by atoms with Crippen LogP contribution in [0.2, 0.25) is 0 Å². The molecular formula is C16H32P2. The van der Waals surface area contributed by atoms with Crippen LogP contribution in [-0.4, -0.2) is 34.0 Å². The summed E-state index contributed by atoms with van der Waals surface area (Å²) >= 11 is 0. The standard InChI is InChI=1S/C16H32P2/c1-15(2,3)17-11-7-9-13(17)14-10-8-12-18(14)16(4,5)6/h13-14H,7-12H2,1-6H3/t13-,14?,17-,18?/m1/s1. The minimum Gasteiger partial charge on any atom is -0.0974 e. The predicted molar refractivity (Wildman–Crippen MR) is 89.1 cm³/mol. The minimum atomic E-state index is 0.282. The summed E-state index contributed by atoms with van der Waals surface area (Å²) in [5, 5.41) is 1.19. The molecular weight excluding hydrogens is 254 g/mol. The van der Waals surface area contributed by atoms with E-state index in [0.29, 0.717) is 10.3 Å². The predicted octanol–water partition coefficient (Wildman–Crippen LogP) is 5.87. The average molecular weight is 286 g/mol. The molecule has 2 unspecified atom stereocenters. The Morgan fingerprint density at radius 2 is 1.00 bits per heavy atom. The van der Waals surface area contributed by atoms with E-state index in [2.05, 4.69) is 41.5 Å². The second-order valence-corrected chi connectivity index (χ2v) is 14.9. The van der Waals surface area contributed by atoms with Gasteiger partial charge in [-0.2, -0.15) is 0 Å². The first-order chi connectivity index (χ1) is 8.21. The summed E-state index contributed by atoms with van der Waals surface area (Å²) in [7, 11) is 0.564. The molecule has 2 aliphatic heterocycles. The molecule has 2 fully saturated rings. The van der Waals surface area contributed by atoms with Crippen molar-refractivity contribution in [2.75, 3.05) is 12.3 Å². The highest BCUT2D eigenvalue weighted by Gasteiger charge is 2.46. The van der Waals surface area contributed by atoms with Gasteiger partial charge in [-0.3, -0.25) is 0 Å². The highest BCUT2D eigenvalue weighted by molar-refractivity contribution is 7.64. The summed E-state index contributed by atoms with van der Waals surface area (Å²) in [6.45, 7) is 15.0. The molecule has 2 heterocycles. The molecule has 2 aliphatic rings. The molecule has 0 saturated carbocycles. The first kappa shape index (κ1) is 15.3. The molecule has 0 radical (unpaired) electrons. The lowest BCUT2D eigenvalue weighted by Gasteiger charge is -2.42. The van der Waals surface area contributed by atoms with Gasteiger partial charge in [-0.1, -0.05) is 57.4 Å². The van der Waals surface area contributed by atoms with Crippen LogP contribution < -0.4 is 0 Å². The Kier molecular flexibility index (Phi) is 4.52. The molecule has 106 valence electrons. The Bertz CT molecular complexity index is 254. The third-order valence-electron chi connectivity index (χ3n) is 4.77. The van der Waals surface area contributed by atoms with Gasteiger partial charge in [0, 0.05) is 0 Å². The van der Waals surface area contributed by atoms with E-state index >= 15 is 0 Å². The summed E-state index contributed by atoms with van der Waals surface area (Å²) in [6.07, 6.45) is 9.29. The van der Waals surface area contributed by atoms with E-state index in [1.807, 2.05) is 0 Å². The number of hydrogen-bond acceptors (Lipinski definition) is 0. The van der Waals surface area contributed by atoms with E-state index in [9.17, 15) is 0 Å². The van der Waals surface area contributed by atoms with Crippen LogP contribution in [0.15, 0.2) is 0 Å². The summed E-state index contributed by atoms with van der Waals surface area (Å²) in [5.41, 5.74) is 2.24. The zero-order valence-electron chi connectivity index (χ0n) is 13.3. The van der Waals surface area contributed by atoms with Crippen LogP contribution in [0.1, 0.15) is 67.2 Å². The molecule has 0 spiro atoms. The van der Waals surface area contributed by atoms with Gasteiger partial charge in [0.1, 0.15) is 0 Å². The molecule has 0 aliphatic carbocycles. The molecule has 0 bridgehead atoms. The molecule has 4 atom stereocenters. The SMILES string of the molecule is CC(C)(C)P1CCCC1[C@H]1CCC[P@@]1C(C)(C)C. The van der Waals surface area contributed by atoms with Crippen LogP contribution in [0, 0.1) is 0 Å². The Morgan fingerprint density at radius 3 is 1.28 bits per heavy atom. The van der Waals surface area contributed by atoms with E-state index in [0.717, 1.165) is 11.3 Å². The minimum absolute atomic E-state index is 0.282. The lowest BCUT2D eigenvalue weighted by Crippen LogP contribution is -2.29. The van der Waals surface area contributed by atoms with Crippen LogP contribution in [0.4, 0.5) is 0 Å². The van der Waals surface area contributed by atoms with E-state index < -0.39 is 0 Å². The largest absolute Gasteiger partial charge is 0.0974 e. The fraction of sp³-hybridized carbons (Fsp3) is 1.00. The normalized spacial score (nSPS) is 38.3. The third kappa shape index (κ3) is 3.12. The molecule has 2 heteroatoms. The van der Waals surface area contributed by atoms with Gasteiger partial charge in [-0.25, -0.2) is 0 Å². The molecule has 0 aromatic carbocycles.